The highest BCUT2D eigenvalue weighted by Gasteiger charge is 2.23. The van der Waals surface area contributed by atoms with E-state index in [1.54, 1.807) is 0 Å². The number of carbonyl (C=O) groups is 1. The Morgan fingerprint density at radius 1 is 1.23 bits per heavy atom. The summed E-state index contributed by atoms with van der Waals surface area (Å²) in [5.41, 5.74) is -0.593. The Kier molecular flexibility index (Phi) is 4.59. The van der Waals surface area contributed by atoms with Gasteiger partial charge in [0.1, 0.15) is 12.0 Å². The van der Waals surface area contributed by atoms with Crippen LogP contribution < -0.4 is 0 Å². The zero-order chi connectivity index (χ0) is 16.3. The van der Waals surface area contributed by atoms with Crippen LogP contribution in [0.5, 0.6) is 0 Å². The van der Waals surface area contributed by atoms with Crippen molar-refractivity contribution in [2.45, 2.75) is 13.1 Å². The fraction of sp³-hybridized carbons (Fsp3) is 0.143. The van der Waals surface area contributed by atoms with E-state index in [9.17, 15) is 22.4 Å². The molecule has 22 heavy (non-hydrogen) atoms. The highest BCUT2D eigenvalue weighted by Crippen LogP contribution is 2.21. The fourth-order valence-corrected chi connectivity index (χ4v) is 1.81. The number of hydrogen-bond acceptors (Lipinski definition) is 3. The lowest BCUT2D eigenvalue weighted by molar-refractivity contribution is -0.127. The van der Waals surface area contributed by atoms with E-state index in [4.69, 9.17) is 0 Å². The van der Waals surface area contributed by atoms with Gasteiger partial charge in [-0.05, 0) is 6.08 Å². The van der Waals surface area contributed by atoms with Gasteiger partial charge >= 0.3 is 0 Å². The predicted octanol–water partition coefficient (Wildman–Crippen LogP) is 2.95. The molecule has 0 saturated carbocycles. The van der Waals surface area contributed by atoms with Crippen molar-refractivity contribution in [3.63, 3.8) is 0 Å². The molecule has 1 aromatic heterocycles. The van der Waals surface area contributed by atoms with Gasteiger partial charge in [0.25, 0.3) is 0 Å². The van der Waals surface area contributed by atoms with Crippen LogP contribution in [0.4, 0.5) is 17.6 Å². The number of aromatic nitrogens is 1. The third-order valence-electron chi connectivity index (χ3n) is 2.88. The Hall–Kier alpha value is -2.64. The Balaban J connectivity index is 2.35. The smallest absolute Gasteiger partial charge is 0.246 e. The van der Waals surface area contributed by atoms with E-state index < -0.39 is 41.3 Å². The molecule has 0 spiro atoms. The van der Waals surface area contributed by atoms with Crippen molar-refractivity contribution in [2.24, 2.45) is 0 Å². The Morgan fingerprint density at radius 3 is 2.36 bits per heavy atom. The average Bonchev–Trinajstić information content (AvgIpc) is 3.00. The maximum absolute atomic E-state index is 13.7. The lowest BCUT2D eigenvalue weighted by Crippen LogP contribution is -2.29. The van der Waals surface area contributed by atoms with Gasteiger partial charge in [-0.15, -0.1) is 0 Å². The SMILES string of the molecule is C=CC(=O)N(Cc1ccon1)Cc1c(F)c(F)cc(F)c1F. The number of carbonyl (C=O) groups excluding carboxylic acids is 1. The number of nitrogens with zero attached hydrogens (tertiary/aromatic N) is 2. The Labute approximate surface area is 122 Å². The number of halogens is 4. The van der Waals surface area contributed by atoms with Crippen LogP contribution in [0.25, 0.3) is 0 Å². The third-order valence-corrected chi connectivity index (χ3v) is 2.88. The first-order chi connectivity index (χ1) is 10.4. The second kappa shape index (κ2) is 6.42. The van der Waals surface area contributed by atoms with Gasteiger partial charge in [0.2, 0.25) is 5.91 Å². The molecule has 2 rings (SSSR count). The second-order valence-electron chi connectivity index (χ2n) is 4.34. The first-order valence-electron chi connectivity index (χ1n) is 6.06. The van der Waals surface area contributed by atoms with Crippen molar-refractivity contribution in [1.29, 1.82) is 0 Å². The molecule has 0 saturated heterocycles. The van der Waals surface area contributed by atoms with Crippen LogP contribution in [0.15, 0.2) is 35.6 Å². The highest BCUT2D eigenvalue weighted by atomic mass is 19.2. The van der Waals surface area contributed by atoms with Crippen molar-refractivity contribution in [3.8, 4) is 0 Å². The van der Waals surface area contributed by atoms with Crippen molar-refractivity contribution >= 4 is 5.91 Å². The van der Waals surface area contributed by atoms with Gasteiger partial charge < -0.3 is 9.42 Å². The van der Waals surface area contributed by atoms with Crippen LogP contribution in [0.1, 0.15) is 11.3 Å². The van der Waals surface area contributed by atoms with Crippen LogP contribution >= 0.6 is 0 Å². The van der Waals surface area contributed by atoms with Gasteiger partial charge in [0, 0.05) is 17.7 Å². The summed E-state index contributed by atoms with van der Waals surface area (Å²) in [5.74, 6) is -6.88. The minimum atomic E-state index is -1.55. The summed E-state index contributed by atoms with van der Waals surface area (Å²) in [7, 11) is 0. The summed E-state index contributed by atoms with van der Waals surface area (Å²) in [6.45, 7) is 2.40. The summed E-state index contributed by atoms with van der Waals surface area (Å²) < 4.78 is 58.3. The Morgan fingerprint density at radius 2 is 1.86 bits per heavy atom. The van der Waals surface area contributed by atoms with Crippen molar-refractivity contribution in [2.75, 3.05) is 0 Å². The molecule has 0 atom stereocenters. The topological polar surface area (TPSA) is 46.3 Å². The van der Waals surface area contributed by atoms with E-state index in [2.05, 4.69) is 16.3 Å². The van der Waals surface area contributed by atoms with Gasteiger partial charge in [-0.2, -0.15) is 0 Å². The standard InChI is InChI=1S/C14H10F4N2O2/c1-2-12(21)20(6-8-3-4-22-19-8)7-9-13(17)10(15)5-11(16)14(9)18/h2-5H,1,6-7H2. The van der Waals surface area contributed by atoms with Crippen LogP contribution in [-0.4, -0.2) is 16.0 Å². The first kappa shape index (κ1) is 15.7. The normalized spacial score (nSPS) is 10.5. The average molecular weight is 314 g/mol. The zero-order valence-corrected chi connectivity index (χ0v) is 11.2. The van der Waals surface area contributed by atoms with Gasteiger partial charge in [0.15, 0.2) is 23.3 Å². The molecule has 0 bridgehead atoms. The molecule has 0 N–H and O–H groups in total. The summed E-state index contributed by atoms with van der Waals surface area (Å²) in [6, 6.07) is 1.54. The van der Waals surface area contributed by atoms with E-state index in [0.29, 0.717) is 5.69 Å². The summed E-state index contributed by atoms with van der Waals surface area (Å²) in [5, 5.41) is 3.56. The lowest BCUT2D eigenvalue weighted by Gasteiger charge is -2.21. The molecule has 0 radical (unpaired) electrons. The minimum Gasteiger partial charge on any atom is -0.364 e. The number of rotatable bonds is 5. The summed E-state index contributed by atoms with van der Waals surface area (Å²) in [4.78, 5) is 12.7. The molecule has 1 aromatic carbocycles. The quantitative estimate of drug-likeness (QED) is 0.484. The number of benzene rings is 1. The zero-order valence-electron chi connectivity index (χ0n) is 11.2. The molecular formula is C14H10F4N2O2. The molecular weight excluding hydrogens is 304 g/mol. The molecule has 116 valence electrons. The molecule has 0 aliphatic heterocycles. The van der Waals surface area contributed by atoms with Gasteiger partial charge in [-0.25, -0.2) is 17.6 Å². The molecule has 0 fully saturated rings. The van der Waals surface area contributed by atoms with Gasteiger partial charge in [-0.1, -0.05) is 11.7 Å². The van der Waals surface area contributed by atoms with E-state index in [1.165, 1.54) is 12.3 Å². The molecule has 1 heterocycles. The monoisotopic (exact) mass is 314 g/mol. The summed E-state index contributed by atoms with van der Waals surface area (Å²) in [6.07, 6.45) is 2.15. The minimum absolute atomic E-state index is 0.103. The second-order valence-corrected chi connectivity index (χ2v) is 4.34. The van der Waals surface area contributed by atoms with Gasteiger partial charge in [-0.3, -0.25) is 4.79 Å². The van der Waals surface area contributed by atoms with E-state index in [-0.39, 0.29) is 12.6 Å². The van der Waals surface area contributed by atoms with Crippen LogP contribution in [0, 0.1) is 23.3 Å². The van der Waals surface area contributed by atoms with Crippen LogP contribution in [0.3, 0.4) is 0 Å². The highest BCUT2D eigenvalue weighted by molar-refractivity contribution is 5.86. The van der Waals surface area contributed by atoms with Crippen molar-refractivity contribution < 1.29 is 26.9 Å². The van der Waals surface area contributed by atoms with E-state index in [0.717, 1.165) is 11.0 Å². The number of hydrogen-bond donors (Lipinski definition) is 0. The Bertz CT molecular complexity index is 675. The van der Waals surface area contributed by atoms with Crippen molar-refractivity contribution in [1.82, 2.24) is 10.1 Å². The molecule has 0 unspecified atom stereocenters. The molecule has 0 aliphatic carbocycles. The molecule has 0 aliphatic rings. The van der Waals surface area contributed by atoms with E-state index in [1.807, 2.05) is 0 Å². The molecule has 4 nitrogen and oxygen atoms in total. The lowest BCUT2D eigenvalue weighted by atomic mass is 10.1. The first-order valence-corrected chi connectivity index (χ1v) is 6.06. The predicted molar refractivity (Wildman–Crippen MR) is 67.2 cm³/mol. The molecule has 2 aromatic rings. The summed E-state index contributed by atoms with van der Waals surface area (Å²) >= 11 is 0. The third kappa shape index (κ3) is 3.16. The fourth-order valence-electron chi connectivity index (χ4n) is 1.81. The maximum atomic E-state index is 13.7. The van der Waals surface area contributed by atoms with Gasteiger partial charge in [0.05, 0.1) is 13.1 Å². The molecule has 8 heteroatoms. The van der Waals surface area contributed by atoms with E-state index >= 15 is 0 Å². The van der Waals surface area contributed by atoms with Crippen LogP contribution in [0.2, 0.25) is 0 Å². The largest absolute Gasteiger partial charge is 0.364 e. The van der Waals surface area contributed by atoms with Crippen molar-refractivity contribution in [3.05, 3.63) is 65.6 Å². The number of amides is 1. The van der Waals surface area contributed by atoms with Crippen LogP contribution in [-0.2, 0) is 17.9 Å². The maximum Gasteiger partial charge on any atom is 0.246 e. The molecule has 1 amide bonds.